The van der Waals surface area contributed by atoms with Crippen LogP contribution in [0.15, 0.2) is 30.3 Å². The first-order chi connectivity index (χ1) is 6.77. The lowest BCUT2D eigenvalue weighted by Gasteiger charge is -2.09. The Morgan fingerprint density at radius 3 is 2.64 bits per heavy atom. The minimum atomic E-state index is 0.0776. The monoisotopic (exact) mass is 190 g/mol. The molecule has 3 nitrogen and oxygen atoms in total. The molecule has 0 aromatic heterocycles. The Kier molecular flexibility index (Phi) is 2.50. The first kappa shape index (κ1) is 9.21. The molecule has 1 saturated heterocycles. The van der Waals surface area contributed by atoms with E-state index in [1.165, 1.54) is 10.6 Å². The number of carbonyl (C=O) groups is 1. The van der Waals surface area contributed by atoms with E-state index >= 15 is 0 Å². The Morgan fingerprint density at radius 1 is 1.36 bits per heavy atom. The summed E-state index contributed by atoms with van der Waals surface area (Å²) in [6.07, 6.45) is 1.69. The van der Waals surface area contributed by atoms with Gasteiger partial charge in [-0.25, -0.2) is 5.84 Å². The minimum absolute atomic E-state index is 0.0776. The van der Waals surface area contributed by atoms with Crippen LogP contribution in [0.5, 0.6) is 0 Å². The van der Waals surface area contributed by atoms with E-state index in [9.17, 15) is 4.79 Å². The van der Waals surface area contributed by atoms with Gasteiger partial charge in [0, 0.05) is 12.5 Å². The van der Waals surface area contributed by atoms with Gasteiger partial charge in [0.25, 0.3) is 0 Å². The highest BCUT2D eigenvalue weighted by Crippen LogP contribution is 2.19. The molecule has 3 heteroatoms. The van der Waals surface area contributed by atoms with Crippen molar-refractivity contribution in [2.45, 2.75) is 12.8 Å². The van der Waals surface area contributed by atoms with Gasteiger partial charge in [-0.2, -0.15) is 0 Å². The van der Waals surface area contributed by atoms with Crippen LogP contribution < -0.4 is 5.84 Å². The molecule has 1 aromatic rings. The van der Waals surface area contributed by atoms with Crippen LogP contribution in [0.25, 0.3) is 0 Å². The topological polar surface area (TPSA) is 46.3 Å². The van der Waals surface area contributed by atoms with Crippen molar-refractivity contribution in [2.24, 2.45) is 11.8 Å². The minimum Gasteiger partial charge on any atom is -0.280 e. The smallest absolute Gasteiger partial charge is 0.239 e. The zero-order chi connectivity index (χ0) is 9.97. The molecule has 1 amide bonds. The molecule has 0 bridgehead atoms. The summed E-state index contributed by atoms with van der Waals surface area (Å²) in [7, 11) is 0. The van der Waals surface area contributed by atoms with Crippen LogP contribution in [0.1, 0.15) is 12.0 Å². The molecule has 2 rings (SSSR count). The lowest BCUT2D eigenvalue weighted by molar-refractivity contribution is -0.131. The highest BCUT2D eigenvalue weighted by atomic mass is 16.2. The average molecular weight is 190 g/mol. The summed E-state index contributed by atoms with van der Waals surface area (Å²) in [4.78, 5) is 11.5. The molecule has 1 aromatic carbocycles. The van der Waals surface area contributed by atoms with Crippen LogP contribution in [0.3, 0.4) is 0 Å². The van der Waals surface area contributed by atoms with Crippen molar-refractivity contribution in [2.75, 3.05) is 6.54 Å². The second kappa shape index (κ2) is 3.80. The maximum absolute atomic E-state index is 11.5. The molecular weight excluding hydrogens is 176 g/mol. The van der Waals surface area contributed by atoms with E-state index in [-0.39, 0.29) is 11.8 Å². The summed E-state index contributed by atoms with van der Waals surface area (Å²) in [5.74, 6) is 5.67. The molecule has 0 radical (unpaired) electrons. The highest BCUT2D eigenvalue weighted by molar-refractivity contribution is 5.80. The van der Waals surface area contributed by atoms with Crippen molar-refractivity contribution < 1.29 is 4.79 Å². The second-order valence-corrected chi connectivity index (χ2v) is 3.71. The average Bonchev–Trinajstić information content (AvgIpc) is 2.52. The Balaban J connectivity index is 2.02. The molecule has 0 saturated carbocycles. The van der Waals surface area contributed by atoms with Gasteiger partial charge in [-0.05, 0) is 18.4 Å². The number of benzene rings is 1. The van der Waals surface area contributed by atoms with E-state index < -0.39 is 0 Å². The van der Waals surface area contributed by atoms with Gasteiger partial charge in [0.05, 0.1) is 0 Å². The number of nitrogens with zero attached hydrogens (tertiary/aromatic N) is 1. The summed E-state index contributed by atoms with van der Waals surface area (Å²) in [5.41, 5.74) is 1.21. The normalized spacial score (nSPS) is 21.6. The van der Waals surface area contributed by atoms with Gasteiger partial charge >= 0.3 is 0 Å². The van der Waals surface area contributed by atoms with Crippen molar-refractivity contribution in [3.8, 4) is 0 Å². The fourth-order valence-corrected chi connectivity index (χ4v) is 1.85. The van der Waals surface area contributed by atoms with Crippen LogP contribution in [0, 0.1) is 5.92 Å². The predicted octanol–water partition coefficient (Wildman–Crippen LogP) is 0.951. The maximum Gasteiger partial charge on any atom is 0.239 e. The van der Waals surface area contributed by atoms with Crippen LogP contribution in [-0.4, -0.2) is 17.5 Å². The number of rotatable bonds is 2. The van der Waals surface area contributed by atoms with Crippen LogP contribution in [0.4, 0.5) is 0 Å². The third-order valence-electron chi connectivity index (χ3n) is 2.68. The van der Waals surface area contributed by atoms with Crippen LogP contribution in [-0.2, 0) is 11.2 Å². The summed E-state index contributed by atoms with van der Waals surface area (Å²) in [6, 6.07) is 10.1. The molecule has 0 aliphatic carbocycles. The highest BCUT2D eigenvalue weighted by Gasteiger charge is 2.29. The standard InChI is InChI=1S/C11H14N2O/c12-13-7-6-10(11(13)14)8-9-4-2-1-3-5-9/h1-5,10H,6-8,12H2. The van der Waals surface area contributed by atoms with E-state index in [0.717, 1.165) is 12.8 Å². The third kappa shape index (κ3) is 1.77. The number of carbonyl (C=O) groups excluding carboxylic acids is 1. The van der Waals surface area contributed by atoms with Crippen molar-refractivity contribution in [1.82, 2.24) is 5.01 Å². The van der Waals surface area contributed by atoms with Crippen molar-refractivity contribution in [3.63, 3.8) is 0 Å². The summed E-state index contributed by atoms with van der Waals surface area (Å²) in [6.45, 7) is 0.691. The van der Waals surface area contributed by atoms with Gasteiger partial charge in [0.1, 0.15) is 0 Å². The Hall–Kier alpha value is -1.35. The van der Waals surface area contributed by atoms with Gasteiger partial charge in [0.2, 0.25) is 5.91 Å². The van der Waals surface area contributed by atoms with Crippen molar-refractivity contribution in [1.29, 1.82) is 0 Å². The van der Waals surface area contributed by atoms with Gasteiger partial charge in [-0.1, -0.05) is 30.3 Å². The fourth-order valence-electron chi connectivity index (χ4n) is 1.85. The SMILES string of the molecule is NN1CCC(Cc2ccccc2)C1=O. The first-order valence-electron chi connectivity index (χ1n) is 4.87. The van der Waals surface area contributed by atoms with E-state index in [4.69, 9.17) is 5.84 Å². The van der Waals surface area contributed by atoms with Crippen molar-refractivity contribution >= 4 is 5.91 Å². The van der Waals surface area contributed by atoms with E-state index in [2.05, 4.69) is 0 Å². The van der Waals surface area contributed by atoms with E-state index in [1.54, 1.807) is 0 Å². The molecule has 1 atom stereocenters. The number of hydrazine groups is 1. The fraction of sp³-hybridized carbons (Fsp3) is 0.364. The molecule has 1 aliphatic heterocycles. The molecule has 0 spiro atoms. The number of amides is 1. The molecule has 2 N–H and O–H groups in total. The molecule has 1 fully saturated rings. The second-order valence-electron chi connectivity index (χ2n) is 3.71. The molecular formula is C11H14N2O. The zero-order valence-electron chi connectivity index (χ0n) is 8.02. The predicted molar refractivity (Wildman–Crippen MR) is 54.2 cm³/mol. The van der Waals surface area contributed by atoms with Gasteiger partial charge in [0.15, 0.2) is 0 Å². The maximum atomic E-state index is 11.5. The molecule has 1 heterocycles. The quantitative estimate of drug-likeness (QED) is 0.557. The molecule has 1 aliphatic rings. The lowest BCUT2D eigenvalue weighted by atomic mass is 9.98. The van der Waals surface area contributed by atoms with Crippen LogP contribution >= 0.6 is 0 Å². The lowest BCUT2D eigenvalue weighted by Crippen LogP contribution is -2.34. The first-order valence-corrected chi connectivity index (χ1v) is 4.87. The molecule has 14 heavy (non-hydrogen) atoms. The Morgan fingerprint density at radius 2 is 2.07 bits per heavy atom. The molecule has 74 valence electrons. The Bertz CT molecular complexity index is 323. The number of nitrogens with two attached hydrogens (primary N) is 1. The summed E-state index contributed by atoms with van der Waals surface area (Å²) < 4.78 is 0. The van der Waals surface area contributed by atoms with E-state index in [0.29, 0.717) is 6.54 Å². The zero-order valence-corrected chi connectivity index (χ0v) is 8.02. The van der Waals surface area contributed by atoms with E-state index in [1.807, 2.05) is 30.3 Å². The van der Waals surface area contributed by atoms with Gasteiger partial charge < -0.3 is 0 Å². The van der Waals surface area contributed by atoms with Gasteiger partial charge in [-0.3, -0.25) is 9.80 Å². The van der Waals surface area contributed by atoms with Crippen LogP contribution in [0.2, 0.25) is 0 Å². The van der Waals surface area contributed by atoms with Crippen molar-refractivity contribution in [3.05, 3.63) is 35.9 Å². The van der Waals surface area contributed by atoms with Gasteiger partial charge in [-0.15, -0.1) is 0 Å². The Labute approximate surface area is 83.5 Å². The number of hydrogen-bond acceptors (Lipinski definition) is 2. The summed E-state index contributed by atoms with van der Waals surface area (Å²) >= 11 is 0. The summed E-state index contributed by atoms with van der Waals surface area (Å²) in [5, 5.41) is 1.33. The third-order valence-corrected chi connectivity index (χ3v) is 2.68. The molecule has 1 unspecified atom stereocenters. The largest absolute Gasteiger partial charge is 0.280 e. The number of hydrogen-bond donors (Lipinski definition) is 1.